The fraction of sp³-hybridized carbons (Fsp3) is 0.417. The maximum atomic E-state index is 12.7. The van der Waals surface area contributed by atoms with Gasteiger partial charge >= 0.3 is 0 Å². The van der Waals surface area contributed by atoms with E-state index in [4.69, 9.17) is 0 Å². The second-order valence-electron chi connectivity index (χ2n) is 4.08. The number of benzene rings is 1. The number of aliphatic imine (C=N–C) groups is 1. The van der Waals surface area contributed by atoms with Gasteiger partial charge in [-0.2, -0.15) is 0 Å². The van der Waals surface area contributed by atoms with Crippen LogP contribution in [-0.2, 0) is 0 Å². The van der Waals surface area contributed by atoms with E-state index in [-0.39, 0.29) is 5.82 Å². The van der Waals surface area contributed by atoms with E-state index >= 15 is 0 Å². The topological polar surface area (TPSA) is 47.9 Å². The molecular weight excluding hydrogens is 221 g/mol. The minimum atomic E-state index is -0.660. The second kappa shape index (κ2) is 5.14. The zero-order valence-corrected chi connectivity index (χ0v) is 9.73. The predicted octanol–water partition coefficient (Wildman–Crippen LogP) is 0.750. The summed E-state index contributed by atoms with van der Waals surface area (Å²) in [4.78, 5) is 6.25. The van der Waals surface area contributed by atoms with Gasteiger partial charge in [0.2, 0.25) is 0 Å². The summed E-state index contributed by atoms with van der Waals surface area (Å²) in [5.74, 6) is 0.500. The van der Waals surface area contributed by atoms with Crippen LogP contribution in [0, 0.1) is 5.82 Å². The van der Waals surface area contributed by atoms with Gasteiger partial charge < -0.3 is 15.3 Å². The van der Waals surface area contributed by atoms with Gasteiger partial charge in [0.05, 0.1) is 12.6 Å². The minimum Gasteiger partial charge on any atom is -0.387 e. The van der Waals surface area contributed by atoms with Gasteiger partial charge in [-0.05, 0) is 17.7 Å². The average molecular weight is 237 g/mol. The molecule has 4 nitrogen and oxygen atoms in total. The molecule has 2 N–H and O–H groups in total. The predicted molar refractivity (Wildman–Crippen MR) is 64.3 cm³/mol. The highest BCUT2D eigenvalue weighted by Gasteiger charge is 2.14. The third-order valence-corrected chi connectivity index (χ3v) is 2.77. The van der Waals surface area contributed by atoms with Crippen molar-refractivity contribution in [2.75, 3.05) is 26.7 Å². The van der Waals surface area contributed by atoms with E-state index in [1.54, 1.807) is 12.1 Å². The molecule has 1 aliphatic heterocycles. The number of halogens is 1. The van der Waals surface area contributed by atoms with Gasteiger partial charge in [0.1, 0.15) is 5.82 Å². The quantitative estimate of drug-likeness (QED) is 0.815. The summed E-state index contributed by atoms with van der Waals surface area (Å²) < 4.78 is 12.7. The summed E-state index contributed by atoms with van der Waals surface area (Å²) in [7, 11) is 1.95. The van der Waals surface area contributed by atoms with Gasteiger partial charge in [-0.25, -0.2) is 4.39 Å². The number of nitrogens with zero attached hydrogens (tertiary/aromatic N) is 2. The van der Waals surface area contributed by atoms with Crippen molar-refractivity contribution in [3.8, 4) is 0 Å². The molecule has 0 radical (unpaired) electrons. The maximum Gasteiger partial charge on any atom is 0.193 e. The lowest BCUT2D eigenvalue weighted by molar-refractivity contribution is 0.180. The Balaban J connectivity index is 1.89. The van der Waals surface area contributed by atoms with E-state index in [9.17, 15) is 9.50 Å². The van der Waals surface area contributed by atoms with Gasteiger partial charge in [-0.1, -0.05) is 12.1 Å². The standard InChI is InChI=1S/C12H16FN3O/c1-16-7-6-14-12(16)15-8-11(17)9-2-4-10(13)5-3-9/h2-5,11,17H,6-8H2,1H3,(H,14,15)/t11-/m0/s1. The molecule has 1 aromatic carbocycles. The molecule has 0 unspecified atom stereocenters. The molecule has 0 saturated carbocycles. The highest BCUT2D eigenvalue weighted by atomic mass is 19.1. The van der Waals surface area contributed by atoms with Crippen molar-refractivity contribution in [2.45, 2.75) is 6.10 Å². The number of guanidine groups is 1. The third kappa shape index (κ3) is 2.94. The first-order valence-corrected chi connectivity index (χ1v) is 5.60. The molecule has 5 heteroatoms. The Bertz CT molecular complexity index is 405. The van der Waals surface area contributed by atoms with E-state index in [0.717, 1.165) is 19.0 Å². The molecule has 1 aliphatic rings. The lowest BCUT2D eigenvalue weighted by Gasteiger charge is -2.18. The maximum absolute atomic E-state index is 12.7. The number of hydrogen-bond donors (Lipinski definition) is 2. The van der Waals surface area contributed by atoms with Crippen LogP contribution in [0.3, 0.4) is 0 Å². The average Bonchev–Trinajstić information content (AvgIpc) is 2.73. The molecule has 0 aromatic heterocycles. The lowest BCUT2D eigenvalue weighted by Crippen LogP contribution is -2.37. The highest BCUT2D eigenvalue weighted by Crippen LogP contribution is 2.12. The van der Waals surface area contributed by atoms with Crippen molar-refractivity contribution in [1.82, 2.24) is 10.2 Å². The minimum absolute atomic E-state index is 0.297. The van der Waals surface area contributed by atoms with E-state index in [1.165, 1.54) is 12.1 Å². The van der Waals surface area contributed by atoms with E-state index < -0.39 is 6.10 Å². The van der Waals surface area contributed by atoms with Crippen LogP contribution >= 0.6 is 0 Å². The Labute approximate surface area is 99.8 Å². The van der Waals surface area contributed by atoms with E-state index in [2.05, 4.69) is 10.3 Å². The molecule has 1 heterocycles. The summed E-state index contributed by atoms with van der Waals surface area (Å²) in [5, 5.41) is 13.0. The Hall–Kier alpha value is -1.62. The first kappa shape index (κ1) is 11.9. The SMILES string of the molecule is CN1CCN=C1NC[C@H](O)c1ccc(F)cc1. The van der Waals surface area contributed by atoms with Crippen LogP contribution in [-0.4, -0.2) is 42.6 Å². The first-order chi connectivity index (χ1) is 8.16. The highest BCUT2D eigenvalue weighted by molar-refractivity contribution is 5.81. The van der Waals surface area contributed by atoms with Crippen molar-refractivity contribution in [1.29, 1.82) is 0 Å². The molecule has 92 valence electrons. The monoisotopic (exact) mass is 237 g/mol. The van der Waals surface area contributed by atoms with Crippen LogP contribution in [0.15, 0.2) is 29.3 Å². The van der Waals surface area contributed by atoms with Crippen LogP contribution < -0.4 is 5.32 Å². The van der Waals surface area contributed by atoms with E-state index in [0.29, 0.717) is 12.1 Å². The molecule has 1 atom stereocenters. The lowest BCUT2D eigenvalue weighted by atomic mass is 10.1. The van der Waals surface area contributed by atoms with Crippen molar-refractivity contribution in [2.24, 2.45) is 4.99 Å². The van der Waals surface area contributed by atoms with Crippen LogP contribution in [0.25, 0.3) is 0 Å². The summed E-state index contributed by atoms with van der Waals surface area (Å²) in [6.45, 7) is 2.05. The fourth-order valence-electron chi connectivity index (χ4n) is 1.71. The summed E-state index contributed by atoms with van der Waals surface area (Å²) in [6.07, 6.45) is -0.660. The van der Waals surface area contributed by atoms with Gasteiger partial charge in [0.25, 0.3) is 0 Å². The van der Waals surface area contributed by atoms with Gasteiger partial charge in [0.15, 0.2) is 5.96 Å². The summed E-state index contributed by atoms with van der Waals surface area (Å²) in [6, 6.07) is 5.86. The van der Waals surface area contributed by atoms with Gasteiger partial charge in [-0.15, -0.1) is 0 Å². The molecule has 0 spiro atoms. The van der Waals surface area contributed by atoms with Gasteiger partial charge in [0, 0.05) is 20.1 Å². The molecule has 1 aromatic rings. The van der Waals surface area contributed by atoms with Crippen molar-refractivity contribution < 1.29 is 9.50 Å². The smallest absolute Gasteiger partial charge is 0.193 e. The van der Waals surface area contributed by atoms with Crippen molar-refractivity contribution in [3.05, 3.63) is 35.6 Å². The number of hydrogen-bond acceptors (Lipinski definition) is 4. The van der Waals surface area contributed by atoms with E-state index in [1.807, 2.05) is 11.9 Å². The fourth-order valence-corrected chi connectivity index (χ4v) is 1.71. The van der Waals surface area contributed by atoms with Crippen molar-refractivity contribution in [3.63, 3.8) is 0 Å². The number of aliphatic hydroxyl groups excluding tert-OH is 1. The largest absolute Gasteiger partial charge is 0.387 e. The first-order valence-electron chi connectivity index (χ1n) is 5.60. The molecular formula is C12H16FN3O. The van der Waals surface area contributed by atoms with Gasteiger partial charge in [-0.3, -0.25) is 4.99 Å². The number of rotatable bonds is 3. The Kier molecular flexibility index (Phi) is 3.58. The van der Waals surface area contributed by atoms with Crippen LogP contribution in [0.1, 0.15) is 11.7 Å². The number of likely N-dealkylation sites (N-methyl/N-ethyl adjacent to an activating group) is 1. The molecule has 2 rings (SSSR count). The summed E-state index contributed by atoms with van der Waals surface area (Å²) >= 11 is 0. The van der Waals surface area contributed by atoms with Crippen molar-refractivity contribution >= 4 is 5.96 Å². The molecule has 0 aliphatic carbocycles. The van der Waals surface area contributed by atoms with Crippen LogP contribution in [0.5, 0.6) is 0 Å². The number of aliphatic hydroxyl groups is 1. The Morgan fingerprint density at radius 1 is 1.47 bits per heavy atom. The van der Waals surface area contributed by atoms with Crippen LogP contribution in [0.4, 0.5) is 4.39 Å². The molecule has 0 bridgehead atoms. The zero-order chi connectivity index (χ0) is 12.3. The number of nitrogens with one attached hydrogen (secondary N) is 1. The molecule has 0 amide bonds. The Morgan fingerprint density at radius 2 is 2.18 bits per heavy atom. The molecule has 0 fully saturated rings. The Morgan fingerprint density at radius 3 is 2.76 bits per heavy atom. The summed E-state index contributed by atoms with van der Waals surface area (Å²) in [5.41, 5.74) is 0.695. The molecule has 17 heavy (non-hydrogen) atoms. The molecule has 0 saturated heterocycles. The second-order valence-corrected chi connectivity index (χ2v) is 4.08. The normalized spacial score (nSPS) is 16.9. The zero-order valence-electron chi connectivity index (χ0n) is 9.73. The third-order valence-electron chi connectivity index (χ3n) is 2.77. The van der Waals surface area contributed by atoms with Crippen LogP contribution in [0.2, 0.25) is 0 Å².